The summed E-state index contributed by atoms with van der Waals surface area (Å²) in [5.41, 5.74) is 5.37. The van der Waals surface area contributed by atoms with E-state index in [1.54, 1.807) is 0 Å². The van der Waals surface area contributed by atoms with Crippen molar-refractivity contribution in [3.05, 3.63) is 47.5 Å². The van der Waals surface area contributed by atoms with Crippen LogP contribution in [0.5, 0.6) is 0 Å². The number of hydrogen-bond donors (Lipinski definition) is 1. The van der Waals surface area contributed by atoms with Gasteiger partial charge in [-0.05, 0) is 60.1 Å². The summed E-state index contributed by atoms with van der Waals surface area (Å²) in [7, 11) is 0. The molecule has 21 heavy (non-hydrogen) atoms. The summed E-state index contributed by atoms with van der Waals surface area (Å²) >= 11 is 0. The van der Waals surface area contributed by atoms with Gasteiger partial charge in [-0.15, -0.1) is 0 Å². The van der Waals surface area contributed by atoms with Gasteiger partial charge in [0, 0.05) is 21.8 Å². The lowest BCUT2D eigenvalue weighted by molar-refractivity contribution is 0.647. The van der Waals surface area contributed by atoms with Crippen molar-refractivity contribution in [2.24, 2.45) is 11.8 Å². The number of hydrogen-bond acceptors (Lipinski definition) is 0. The minimum Gasteiger partial charge on any atom is -0.355 e. The lowest BCUT2D eigenvalue weighted by atomic mass is 9.99. The first-order valence-corrected chi connectivity index (χ1v) is 8.06. The summed E-state index contributed by atoms with van der Waals surface area (Å²) in [6, 6.07) is 13.7. The van der Waals surface area contributed by atoms with Crippen molar-refractivity contribution in [2.75, 3.05) is 0 Å². The molecule has 1 aromatic heterocycles. The molecule has 3 aromatic rings. The fraction of sp³-hybridized carbons (Fsp3) is 0.400. The lowest BCUT2D eigenvalue weighted by Gasteiger charge is -2.06. The van der Waals surface area contributed by atoms with Crippen molar-refractivity contribution < 1.29 is 0 Å². The van der Waals surface area contributed by atoms with Gasteiger partial charge in [0.05, 0.1) is 0 Å². The molecular formula is C20H25N. The molecule has 0 saturated carbocycles. The Kier molecular flexibility index (Phi) is 3.75. The van der Waals surface area contributed by atoms with E-state index < -0.39 is 0 Å². The molecule has 0 aliphatic carbocycles. The molecule has 0 spiro atoms. The minimum absolute atomic E-state index is 0.698. The van der Waals surface area contributed by atoms with E-state index in [9.17, 15) is 0 Å². The molecule has 1 heteroatoms. The molecule has 3 rings (SSSR count). The van der Waals surface area contributed by atoms with Crippen molar-refractivity contribution in [3.8, 4) is 0 Å². The lowest BCUT2D eigenvalue weighted by Crippen LogP contribution is -1.93. The monoisotopic (exact) mass is 279 g/mol. The van der Waals surface area contributed by atoms with Crippen LogP contribution in [0.1, 0.15) is 38.8 Å². The van der Waals surface area contributed by atoms with E-state index in [2.05, 4.69) is 69.1 Å². The van der Waals surface area contributed by atoms with Gasteiger partial charge in [0.1, 0.15) is 0 Å². The number of aromatic nitrogens is 1. The summed E-state index contributed by atoms with van der Waals surface area (Å²) in [6.07, 6.45) is 2.29. The molecule has 0 aliphatic heterocycles. The number of fused-ring (bicyclic) bond motifs is 3. The second-order valence-electron chi connectivity index (χ2n) is 7.08. The highest BCUT2D eigenvalue weighted by Gasteiger charge is 2.08. The summed E-state index contributed by atoms with van der Waals surface area (Å²) in [4.78, 5) is 3.54. The van der Waals surface area contributed by atoms with Gasteiger partial charge >= 0.3 is 0 Å². The molecule has 0 saturated heterocycles. The molecule has 0 fully saturated rings. The molecule has 1 N–H and O–H groups in total. The number of nitrogens with one attached hydrogen (secondary N) is 1. The molecule has 0 unspecified atom stereocenters. The number of aromatic amines is 1. The Morgan fingerprint density at radius 1 is 0.714 bits per heavy atom. The molecule has 1 nitrogen and oxygen atoms in total. The highest BCUT2D eigenvalue weighted by atomic mass is 14.7. The highest BCUT2D eigenvalue weighted by Crippen LogP contribution is 2.28. The first kappa shape index (κ1) is 14.2. The molecule has 1 heterocycles. The van der Waals surface area contributed by atoms with Crippen LogP contribution in [0.25, 0.3) is 21.8 Å². The average molecular weight is 279 g/mol. The van der Waals surface area contributed by atoms with Gasteiger partial charge in [0.15, 0.2) is 0 Å². The fourth-order valence-electron chi connectivity index (χ4n) is 3.19. The van der Waals surface area contributed by atoms with Crippen LogP contribution in [0.2, 0.25) is 0 Å². The number of rotatable bonds is 4. The van der Waals surface area contributed by atoms with Gasteiger partial charge in [-0.2, -0.15) is 0 Å². The van der Waals surface area contributed by atoms with Crippen LogP contribution in [0.15, 0.2) is 36.4 Å². The summed E-state index contributed by atoms with van der Waals surface area (Å²) in [6.45, 7) is 9.11. The quantitative estimate of drug-likeness (QED) is 0.629. The topological polar surface area (TPSA) is 15.8 Å². The smallest absolute Gasteiger partial charge is 0.0465 e. The maximum absolute atomic E-state index is 3.54. The zero-order chi connectivity index (χ0) is 15.0. The van der Waals surface area contributed by atoms with Crippen LogP contribution in [-0.4, -0.2) is 4.98 Å². The summed E-state index contributed by atoms with van der Waals surface area (Å²) < 4.78 is 0. The number of benzene rings is 2. The van der Waals surface area contributed by atoms with E-state index >= 15 is 0 Å². The molecule has 0 amide bonds. The third-order valence-electron chi connectivity index (χ3n) is 4.02. The van der Waals surface area contributed by atoms with Gasteiger partial charge in [0.25, 0.3) is 0 Å². The molecule has 2 aromatic carbocycles. The van der Waals surface area contributed by atoms with Crippen molar-refractivity contribution >= 4 is 21.8 Å². The van der Waals surface area contributed by atoms with Gasteiger partial charge in [-0.3, -0.25) is 0 Å². The van der Waals surface area contributed by atoms with E-state index in [4.69, 9.17) is 0 Å². The Balaban J connectivity index is 2.11. The molecule has 110 valence electrons. The first-order valence-electron chi connectivity index (χ1n) is 8.06. The SMILES string of the molecule is CC(C)Cc1ccc2[nH]c3ccc(CC(C)C)cc3c2c1. The third kappa shape index (κ3) is 2.97. The van der Waals surface area contributed by atoms with Crippen molar-refractivity contribution in [1.82, 2.24) is 4.98 Å². The largest absolute Gasteiger partial charge is 0.355 e. The normalized spacial score (nSPS) is 12.1. The van der Waals surface area contributed by atoms with Gasteiger partial charge in [-0.25, -0.2) is 0 Å². The Hall–Kier alpha value is -1.76. The van der Waals surface area contributed by atoms with Gasteiger partial charge < -0.3 is 4.98 Å². The molecule has 0 atom stereocenters. The maximum atomic E-state index is 3.54. The van der Waals surface area contributed by atoms with Crippen LogP contribution in [-0.2, 0) is 12.8 Å². The van der Waals surface area contributed by atoms with Crippen molar-refractivity contribution in [1.29, 1.82) is 0 Å². The summed E-state index contributed by atoms with van der Waals surface area (Å²) in [5.74, 6) is 1.40. The minimum atomic E-state index is 0.698. The Morgan fingerprint density at radius 3 is 1.52 bits per heavy atom. The maximum Gasteiger partial charge on any atom is 0.0465 e. The Labute approximate surface area is 127 Å². The van der Waals surface area contributed by atoms with E-state index in [-0.39, 0.29) is 0 Å². The average Bonchev–Trinajstić information content (AvgIpc) is 2.75. The molecule has 0 bridgehead atoms. The Morgan fingerprint density at radius 2 is 1.14 bits per heavy atom. The van der Waals surface area contributed by atoms with Crippen LogP contribution in [0, 0.1) is 11.8 Å². The number of H-pyrrole nitrogens is 1. The van der Waals surface area contributed by atoms with Crippen molar-refractivity contribution in [3.63, 3.8) is 0 Å². The van der Waals surface area contributed by atoms with Crippen LogP contribution < -0.4 is 0 Å². The predicted octanol–water partition coefficient (Wildman–Crippen LogP) is 5.72. The van der Waals surface area contributed by atoms with Crippen LogP contribution >= 0.6 is 0 Å². The van der Waals surface area contributed by atoms with Crippen LogP contribution in [0.3, 0.4) is 0 Å². The van der Waals surface area contributed by atoms with E-state index in [1.165, 1.54) is 32.9 Å². The van der Waals surface area contributed by atoms with Gasteiger partial charge in [-0.1, -0.05) is 39.8 Å². The van der Waals surface area contributed by atoms with E-state index in [0.29, 0.717) is 11.8 Å². The Bertz CT molecular complexity index is 698. The van der Waals surface area contributed by atoms with Crippen molar-refractivity contribution in [2.45, 2.75) is 40.5 Å². The zero-order valence-electron chi connectivity index (χ0n) is 13.5. The van der Waals surface area contributed by atoms with Gasteiger partial charge in [0.2, 0.25) is 0 Å². The molecule has 0 radical (unpaired) electrons. The predicted molar refractivity (Wildman–Crippen MR) is 92.9 cm³/mol. The second-order valence-corrected chi connectivity index (χ2v) is 7.08. The van der Waals surface area contributed by atoms with Crippen LogP contribution in [0.4, 0.5) is 0 Å². The molecular weight excluding hydrogens is 254 g/mol. The standard InChI is InChI=1S/C20H25N/c1-13(2)9-15-5-7-19-17(11-15)18-12-16(10-14(3)4)6-8-20(18)21-19/h5-8,11-14,21H,9-10H2,1-4H3. The summed E-state index contributed by atoms with van der Waals surface area (Å²) in [5, 5.41) is 2.74. The van der Waals surface area contributed by atoms with E-state index in [1.807, 2.05) is 0 Å². The first-order chi connectivity index (χ1) is 10.0. The second kappa shape index (κ2) is 5.55. The van der Waals surface area contributed by atoms with E-state index in [0.717, 1.165) is 12.8 Å². The molecule has 0 aliphatic rings. The fourth-order valence-corrected chi connectivity index (χ4v) is 3.19. The third-order valence-corrected chi connectivity index (χ3v) is 4.02. The zero-order valence-corrected chi connectivity index (χ0v) is 13.5. The highest BCUT2D eigenvalue weighted by molar-refractivity contribution is 6.07.